The van der Waals surface area contributed by atoms with Crippen LogP contribution in [0.5, 0.6) is 0 Å². The van der Waals surface area contributed by atoms with Crippen LogP contribution >= 0.6 is 0 Å². The third-order valence-corrected chi connectivity index (χ3v) is 3.01. The monoisotopic (exact) mass is 250 g/mol. The second-order valence-electron chi connectivity index (χ2n) is 4.23. The zero-order valence-electron chi connectivity index (χ0n) is 11.3. The van der Waals surface area contributed by atoms with Gasteiger partial charge in [0, 0.05) is 25.9 Å². The van der Waals surface area contributed by atoms with Crippen LogP contribution < -0.4 is 10.6 Å². The van der Waals surface area contributed by atoms with Crippen molar-refractivity contribution in [1.29, 1.82) is 5.41 Å². The number of hydrogen-bond acceptors (Lipinski definition) is 4. The molecule has 100 valence electrons. The van der Waals surface area contributed by atoms with Crippen LogP contribution in [-0.4, -0.2) is 37.1 Å². The number of pyridine rings is 1. The second kappa shape index (κ2) is 6.96. The molecule has 0 aliphatic carbocycles. The van der Waals surface area contributed by atoms with Gasteiger partial charge >= 0.3 is 0 Å². The molecule has 0 fully saturated rings. The van der Waals surface area contributed by atoms with E-state index in [4.69, 9.17) is 15.9 Å². The Hall–Kier alpha value is -1.62. The number of aromatic nitrogens is 1. The van der Waals surface area contributed by atoms with Crippen molar-refractivity contribution >= 4 is 11.7 Å². The van der Waals surface area contributed by atoms with Crippen LogP contribution in [0.1, 0.15) is 25.8 Å². The summed E-state index contributed by atoms with van der Waals surface area (Å²) in [6.07, 6.45) is 2.72. The van der Waals surface area contributed by atoms with Gasteiger partial charge in [0.05, 0.1) is 12.2 Å². The third kappa shape index (κ3) is 3.43. The molecule has 0 bridgehead atoms. The summed E-state index contributed by atoms with van der Waals surface area (Å²) in [5.41, 5.74) is 6.28. The Bertz CT molecular complexity index is 394. The van der Waals surface area contributed by atoms with Crippen molar-refractivity contribution in [3.63, 3.8) is 0 Å². The highest BCUT2D eigenvalue weighted by molar-refractivity contribution is 5.99. The molecule has 1 heterocycles. The minimum absolute atomic E-state index is 0.0452. The molecule has 1 aromatic rings. The molecule has 1 aromatic heterocycles. The van der Waals surface area contributed by atoms with E-state index < -0.39 is 0 Å². The maximum atomic E-state index is 7.62. The Labute approximate surface area is 108 Å². The van der Waals surface area contributed by atoms with Crippen LogP contribution in [0.15, 0.2) is 18.3 Å². The lowest BCUT2D eigenvalue weighted by Gasteiger charge is -2.30. The highest BCUT2D eigenvalue weighted by Crippen LogP contribution is 2.20. The molecule has 5 nitrogen and oxygen atoms in total. The molecule has 0 aliphatic heterocycles. The van der Waals surface area contributed by atoms with Gasteiger partial charge in [-0.1, -0.05) is 6.92 Å². The predicted molar refractivity (Wildman–Crippen MR) is 74.2 cm³/mol. The number of hydrogen-bond donors (Lipinski definition) is 2. The first-order valence-corrected chi connectivity index (χ1v) is 6.16. The van der Waals surface area contributed by atoms with E-state index >= 15 is 0 Å². The average molecular weight is 250 g/mol. The standard InChI is InChI=1S/C13H22N4O/c1-4-10(2)17(8-9-18-3)13-11(12(14)15)6-5-7-16-13/h5-7,10H,4,8-9H2,1-3H3,(H3,14,15). The van der Waals surface area contributed by atoms with E-state index in [0.29, 0.717) is 18.2 Å². The third-order valence-electron chi connectivity index (χ3n) is 3.01. The Kier molecular flexibility index (Phi) is 5.58. The summed E-state index contributed by atoms with van der Waals surface area (Å²) in [6.45, 7) is 5.62. The summed E-state index contributed by atoms with van der Waals surface area (Å²) in [6, 6.07) is 3.95. The molecule has 0 radical (unpaired) electrons. The normalized spacial score (nSPS) is 12.2. The van der Waals surface area contributed by atoms with Crippen LogP contribution in [0.3, 0.4) is 0 Å². The van der Waals surface area contributed by atoms with Gasteiger partial charge in [0.1, 0.15) is 11.7 Å². The SMILES string of the molecule is CCC(C)N(CCOC)c1ncccc1C(=N)N. The van der Waals surface area contributed by atoms with Crippen LogP contribution in [0, 0.1) is 5.41 Å². The quantitative estimate of drug-likeness (QED) is 0.569. The van der Waals surface area contributed by atoms with E-state index in [-0.39, 0.29) is 5.84 Å². The second-order valence-corrected chi connectivity index (χ2v) is 4.23. The molecule has 18 heavy (non-hydrogen) atoms. The van der Waals surface area contributed by atoms with Gasteiger partial charge in [0.25, 0.3) is 0 Å². The first-order chi connectivity index (χ1) is 8.61. The van der Waals surface area contributed by atoms with Crippen molar-refractivity contribution in [3.05, 3.63) is 23.9 Å². The van der Waals surface area contributed by atoms with Crippen molar-refractivity contribution in [1.82, 2.24) is 4.98 Å². The lowest BCUT2D eigenvalue weighted by Crippen LogP contribution is -2.37. The molecule has 0 aromatic carbocycles. The fraction of sp³-hybridized carbons (Fsp3) is 0.538. The Morgan fingerprint density at radius 3 is 2.89 bits per heavy atom. The van der Waals surface area contributed by atoms with E-state index in [0.717, 1.165) is 18.8 Å². The predicted octanol–water partition coefficient (Wildman–Crippen LogP) is 1.62. The topological polar surface area (TPSA) is 75.2 Å². The molecule has 1 atom stereocenters. The lowest BCUT2D eigenvalue weighted by molar-refractivity contribution is 0.203. The maximum Gasteiger partial charge on any atom is 0.139 e. The summed E-state index contributed by atoms with van der Waals surface area (Å²) in [4.78, 5) is 6.51. The summed E-state index contributed by atoms with van der Waals surface area (Å²) in [5.74, 6) is 0.806. The van der Waals surface area contributed by atoms with Crippen LogP contribution in [0.4, 0.5) is 5.82 Å². The van der Waals surface area contributed by atoms with Gasteiger partial charge in [-0.05, 0) is 25.5 Å². The molecule has 0 saturated heterocycles. The molecule has 3 N–H and O–H groups in total. The number of anilines is 1. The molecule has 0 spiro atoms. The van der Waals surface area contributed by atoms with E-state index in [1.165, 1.54) is 0 Å². The fourth-order valence-corrected chi connectivity index (χ4v) is 1.78. The number of nitrogen functional groups attached to an aromatic ring is 1. The van der Waals surface area contributed by atoms with E-state index in [1.807, 2.05) is 6.07 Å². The highest BCUT2D eigenvalue weighted by Gasteiger charge is 2.18. The van der Waals surface area contributed by atoms with Crippen molar-refractivity contribution in [2.75, 3.05) is 25.2 Å². The molecular formula is C13H22N4O. The average Bonchev–Trinajstić information content (AvgIpc) is 2.39. The Morgan fingerprint density at radius 2 is 2.33 bits per heavy atom. The number of methoxy groups -OCH3 is 1. The smallest absolute Gasteiger partial charge is 0.139 e. The summed E-state index contributed by atoms with van der Waals surface area (Å²) in [7, 11) is 1.68. The zero-order chi connectivity index (χ0) is 13.5. The van der Waals surface area contributed by atoms with Crippen LogP contribution in [0.25, 0.3) is 0 Å². The van der Waals surface area contributed by atoms with Crippen molar-refractivity contribution in [3.8, 4) is 0 Å². The lowest BCUT2D eigenvalue weighted by atomic mass is 10.1. The van der Waals surface area contributed by atoms with Gasteiger partial charge in [-0.3, -0.25) is 5.41 Å². The Balaban J connectivity index is 3.07. The number of rotatable bonds is 7. The fourth-order valence-electron chi connectivity index (χ4n) is 1.78. The summed E-state index contributed by atoms with van der Waals surface area (Å²) < 4.78 is 5.13. The summed E-state index contributed by atoms with van der Waals surface area (Å²) in [5, 5.41) is 7.62. The van der Waals surface area contributed by atoms with Gasteiger partial charge in [-0.15, -0.1) is 0 Å². The van der Waals surface area contributed by atoms with Gasteiger partial charge in [0.15, 0.2) is 0 Å². The molecule has 0 aliphatic rings. The van der Waals surface area contributed by atoms with Crippen LogP contribution in [0.2, 0.25) is 0 Å². The van der Waals surface area contributed by atoms with Gasteiger partial charge in [0.2, 0.25) is 0 Å². The molecule has 1 rings (SSSR count). The largest absolute Gasteiger partial charge is 0.384 e. The first-order valence-electron chi connectivity index (χ1n) is 6.16. The minimum Gasteiger partial charge on any atom is -0.384 e. The zero-order valence-corrected chi connectivity index (χ0v) is 11.3. The summed E-state index contributed by atoms with van der Waals surface area (Å²) >= 11 is 0. The van der Waals surface area contributed by atoms with E-state index in [1.54, 1.807) is 19.4 Å². The van der Waals surface area contributed by atoms with Crippen molar-refractivity contribution in [2.24, 2.45) is 5.73 Å². The maximum absolute atomic E-state index is 7.62. The number of nitrogens with zero attached hydrogens (tertiary/aromatic N) is 2. The van der Waals surface area contributed by atoms with Crippen molar-refractivity contribution in [2.45, 2.75) is 26.3 Å². The van der Waals surface area contributed by atoms with Gasteiger partial charge in [-0.25, -0.2) is 4.98 Å². The van der Waals surface area contributed by atoms with Gasteiger partial charge in [-0.2, -0.15) is 0 Å². The molecular weight excluding hydrogens is 228 g/mol. The minimum atomic E-state index is 0.0452. The number of nitrogens with one attached hydrogen (secondary N) is 1. The van der Waals surface area contributed by atoms with E-state index in [2.05, 4.69) is 23.7 Å². The molecule has 0 saturated carbocycles. The number of ether oxygens (including phenoxy) is 1. The number of amidine groups is 1. The van der Waals surface area contributed by atoms with Gasteiger partial charge < -0.3 is 15.4 Å². The van der Waals surface area contributed by atoms with Crippen molar-refractivity contribution < 1.29 is 4.74 Å². The van der Waals surface area contributed by atoms with E-state index in [9.17, 15) is 0 Å². The Morgan fingerprint density at radius 1 is 1.61 bits per heavy atom. The molecule has 1 unspecified atom stereocenters. The first kappa shape index (κ1) is 14.4. The highest BCUT2D eigenvalue weighted by atomic mass is 16.5. The van der Waals surface area contributed by atoms with Crippen LogP contribution in [-0.2, 0) is 4.74 Å². The molecule has 0 amide bonds. The number of nitrogens with two attached hydrogens (primary N) is 1. The molecule has 5 heteroatoms.